The third kappa shape index (κ3) is 2.78. The zero-order chi connectivity index (χ0) is 10.5. The summed E-state index contributed by atoms with van der Waals surface area (Å²) in [5.41, 5.74) is 7.70. The van der Waals surface area contributed by atoms with Gasteiger partial charge < -0.3 is 0 Å². The summed E-state index contributed by atoms with van der Waals surface area (Å²) >= 11 is 0.264. The molecule has 0 fully saturated rings. The van der Waals surface area contributed by atoms with Gasteiger partial charge in [0.2, 0.25) is 0 Å². The molecule has 3 nitrogen and oxygen atoms in total. The van der Waals surface area contributed by atoms with Crippen LogP contribution in [-0.4, -0.2) is 24.9 Å². The summed E-state index contributed by atoms with van der Waals surface area (Å²) in [5.74, 6) is 0. The molecule has 0 aliphatic heterocycles. The Kier molecular flexibility index (Phi) is 3.32. The molecule has 4 heteroatoms. The molecule has 0 spiro atoms. The fraction of sp³-hybridized carbons (Fsp3) is 0.0909. The van der Waals surface area contributed by atoms with Crippen LogP contribution in [0.1, 0.15) is 5.69 Å². The second kappa shape index (κ2) is 4.91. The van der Waals surface area contributed by atoms with Crippen LogP contribution in [0.25, 0.3) is 0 Å². The average molecular weight is 264 g/mol. The number of rotatable bonds is 3. The Morgan fingerprint density at radius 3 is 2.67 bits per heavy atom. The van der Waals surface area contributed by atoms with Crippen LogP contribution in [0.4, 0.5) is 5.69 Å². The van der Waals surface area contributed by atoms with Gasteiger partial charge in [0.25, 0.3) is 0 Å². The summed E-state index contributed by atoms with van der Waals surface area (Å²) in [6.07, 6.45) is 3.60. The van der Waals surface area contributed by atoms with Crippen LogP contribution in [0, 0.1) is 0 Å². The molecule has 2 rings (SSSR count). The second-order valence-corrected chi connectivity index (χ2v) is 5.03. The van der Waals surface area contributed by atoms with Crippen molar-refractivity contribution in [3.63, 3.8) is 0 Å². The van der Waals surface area contributed by atoms with E-state index in [4.69, 9.17) is 5.73 Å². The predicted octanol–water partition coefficient (Wildman–Crippen LogP) is 0.589. The van der Waals surface area contributed by atoms with Gasteiger partial charge in [0, 0.05) is 0 Å². The predicted molar refractivity (Wildman–Crippen MR) is 62.0 cm³/mol. The molecule has 2 N–H and O–H groups in total. The van der Waals surface area contributed by atoms with Crippen molar-refractivity contribution in [3.05, 3.63) is 48.4 Å². The molecule has 0 radical (unpaired) electrons. The normalized spacial score (nSPS) is 10.1. The Labute approximate surface area is 94.9 Å². The third-order valence-electron chi connectivity index (χ3n) is 1.88. The van der Waals surface area contributed by atoms with Gasteiger partial charge in [-0.15, -0.1) is 0 Å². The van der Waals surface area contributed by atoms with Crippen molar-refractivity contribution < 1.29 is 0 Å². The molecule has 2 heterocycles. The molecular weight excluding hydrogens is 253 g/mol. The molecule has 15 heavy (non-hydrogen) atoms. The van der Waals surface area contributed by atoms with E-state index in [9.17, 15) is 0 Å². The molecule has 2 aromatic rings. The van der Waals surface area contributed by atoms with Crippen molar-refractivity contribution in [1.29, 1.82) is 0 Å². The monoisotopic (exact) mass is 265 g/mol. The van der Waals surface area contributed by atoms with Crippen LogP contribution in [-0.2, 0) is 5.32 Å². The number of nitrogen functional groups attached to an aromatic ring is 1. The topological polar surface area (TPSA) is 51.8 Å². The van der Waals surface area contributed by atoms with E-state index in [1.54, 1.807) is 6.20 Å². The van der Waals surface area contributed by atoms with E-state index in [0.717, 1.165) is 21.3 Å². The van der Waals surface area contributed by atoms with Gasteiger partial charge in [-0.3, -0.25) is 0 Å². The van der Waals surface area contributed by atoms with Crippen molar-refractivity contribution >= 4 is 25.2 Å². The maximum absolute atomic E-state index is 5.82. The number of hydrogen-bond acceptors (Lipinski definition) is 3. The Bertz CT molecular complexity index is 431. The van der Waals surface area contributed by atoms with Gasteiger partial charge >= 0.3 is 94.7 Å². The van der Waals surface area contributed by atoms with Crippen molar-refractivity contribution in [3.8, 4) is 0 Å². The molecule has 0 unspecified atom stereocenters. The fourth-order valence-corrected chi connectivity index (χ4v) is 2.88. The van der Waals surface area contributed by atoms with Gasteiger partial charge in [-0.1, -0.05) is 0 Å². The minimum atomic E-state index is 0.264. The summed E-state index contributed by atoms with van der Waals surface area (Å²) in [6.45, 7) is 0. The number of aromatic nitrogens is 2. The van der Waals surface area contributed by atoms with Crippen LogP contribution in [0.5, 0.6) is 0 Å². The first kappa shape index (κ1) is 10.1. The van der Waals surface area contributed by atoms with Crippen molar-refractivity contribution in [2.24, 2.45) is 0 Å². The number of pyridine rings is 2. The molecule has 0 atom stereocenters. The van der Waals surface area contributed by atoms with Gasteiger partial charge in [-0.2, -0.15) is 0 Å². The molecule has 0 bridgehead atoms. The molecule has 0 aromatic carbocycles. The number of anilines is 1. The molecule has 0 saturated heterocycles. The Hall–Kier alpha value is -1.38. The minimum absolute atomic E-state index is 0.264. The first-order valence-electron chi connectivity index (χ1n) is 4.59. The van der Waals surface area contributed by atoms with Gasteiger partial charge in [0.05, 0.1) is 0 Å². The first-order chi connectivity index (χ1) is 7.36. The van der Waals surface area contributed by atoms with E-state index in [2.05, 4.69) is 9.97 Å². The molecule has 76 valence electrons. The van der Waals surface area contributed by atoms with Crippen LogP contribution >= 0.6 is 0 Å². The van der Waals surface area contributed by atoms with E-state index in [-0.39, 0.29) is 15.0 Å². The Morgan fingerprint density at radius 1 is 1.07 bits per heavy atom. The fourth-order valence-electron chi connectivity index (χ4n) is 1.15. The van der Waals surface area contributed by atoms with E-state index in [0.29, 0.717) is 0 Å². The van der Waals surface area contributed by atoms with Gasteiger partial charge in [-0.25, -0.2) is 0 Å². The maximum atomic E-state index is 5.82. The van der Waals surface area contributed by atoms with Crippen molar-refractivity contribution in [1.82, 2.24) is 9.97 Å². The zero-order valence-electron chi connectivity index (χ0n) is 8.13. The van der Waals surface area contributed by atoms with Crippen LogP contribution < -0.4 is 10.3 Å². The molecule has 0 aliphatic rings. The molecular formula is C11H11N3Se. The standard InChI is InChI=1S/C11H11N3Se/c12-10-5-3-7-14-11(10)15-8-9-4-1-2-6-13-9/h1-7H,8,12H2. The summed E-state index contributed by atoms with van der Waals surface area (Å²) in [4.78, 5) is 8.54. The SMILES string of the molecule is Nc1cccnc1[Se]Cc1ccccn1. The number of nitrogens with two attached hydrogens (primary N) is 1. The van der Waals surface area contributed by atoms with Gasteiger partial charge in [-0.05, 0) is 0 Å². The summed E-state index contributed by atoms with van der Waals surface area (Å²) < 4.78 is 1.01. The Morgan fingerprint density at radius 2 is 1.93 bits per heavy atom. The van der Waals surface area contributed by atoms with Crippen molar-refractivity contribution in [2.45, 2.75) is 5.32 Å². The van der Waals surface area contributed by atoms with Crippen LogP contribution in [0.2, 0.25) is 0 Å². The van der Waals surface area contributed by atoms with E-state index in [1.807, 2.05) is 36.5 Å². The zero-order valence-corrected chi connectivity index (χ0v) is 9.84. The first-order valence-corrected chi connectivity index (χ1v) is 6.66. The molecule has 2 aromatic heterocycles. The average Bonchev–Trinajstić information content (AvgIpc) is 2.29. The summed E-state index contributed by atoms with van der Waals surface area (Å²) in [6, 6.07) is 9.70. The van der Waals surface area contributed by atoms with Crippen molar-refractivity contribution in [2.75, 3.05) is 5.73 Å². The van der Waals surface area contributed by atoms with Gasteiger partial charge in [0.1, 0.15) is 0 Å². The van der Waals surface area contributed by atoms with E-state index in [1.165, 1.54) is 0 Å². The molecule has 0 amide bonds. The van der Waals surface area contributed by atoms with Crippen LogP contribution in [0.15, 0.2) is 42.7 Å². The Balaban J connectivity index is 2.03. The van der Waals surface area contributed by atoms with Gasteiger partial charge in [0.15, 0.2) is 0 Å². The summed E-state index contributed by atoms with van der Waals surface area (Å²) in [7, 11) is 0. The van der Waals surface area contributed by atoms with Crippen LogP contribution in [0.3, 0.4) is 0 Å². The second-order valence-electron chi connectivity index (χ2n) is 3.01. The number of nitrogens with zero attached hydrogens (tertiary/aromatic N) is 2. The van der Waals surface area contributed by atoms with E-state index >= 15 is 0 Å². The molecule has 0 aliphatic carbocycles. The number of hydrogen-bond donors (Lipinski definition) is 1. The third-order valence-corrected chi connectivity index (χ3v) is 4.10. The molecule has 0 saturated carbocycles. The summed E-state index contributed by atoms with van der Waals surface area (Å²) in [5, 5.41) is 0.940. The van der Waals surface area contributed by atoms with E-state index < -0.39 is 0 Å². The quantitative estimate of drug-likeness (QED) is 0.825.